The highest BCUT2D eigenvalue weighted by Gasteiger charge is 2.36. The lowest BCUT2D eigenvalue weighted by Crippen LogP contribution is -2.40. The minimum Gasteiger partial charge on any atom is -0.464 e. The topological polar surface area (TPSA) is 100 Å². The molecule has 7 nitrogen and oxygen atoms in total. The molecule has 0 fully saturated rings. The number of nitrogens with one attached hydrogen (secondary N) is 3. The van der Waals surface area contributed by atoms with Crippen LogP contribution in [0.4, 0.5) is 21.5 Å². The van der Waals surface area contributed by atoms with Gasteiger partial charge in [0.15, 0.2) is 0 Å². The van der Waals surface area contributed by atoms with Gasteiger partial charge in [-0.1, -0.05) is 26.8 Å². The van der Waals surface area contributed by atoms with E-state index in [1.165, 1.54) is 6.07 Å². The van der Waals surface area contributed by atoms with Crippen molar-refractivity contribution in [1.29, 1.82) is 0 Å². The predicted molar refractivity (Wildman–Crippen MR) is 121 cm³/mol. The molecule has 0 radical (unpaired) electrons. The van der Waals surface area contributed by atoms with Gasteiger partial charge in [0, 0.05) is 0 Å². The van der Waals surface area contributed by atoms with Gasteiger partial charge in [0.25, 0.3) is 16.8 Å². The Morgan fingerprint density at radius 1 is 1.09 bits per heavy atom. The van der Waals surface area contributed by atoms with Gasteiger partial charge in [-0.05, 0) is 49.4 Å². The number of amides is 1. The van der Waals surface area contributed by atoms with Crippen molar-refractivity contribution in [3.63, 3.8) is 0 Å². The van der Waals surface area contributed by atoms with Crippen LogP contribution < -0.4 is 26.8 Å². The summed E-state index contributed by atoms with van der Waals surface area (Å²) >= 11 is 0. The molecule has 0 bridgehead atoms. The standard InChI is InChI=1S/C24H26FN3O4/c1-6-24(4,5)22(15-10-7-11(2)32-15)28-19-18(20(29)21(19)30)27-17-14(25)9-8-13-12(3)26-23(31)16(13)17/h7-10,12,22,27-28H,6H2,1-5H3,(H,26,31)/t12-,22+/m1/s1. The van der Waals surface area contributed by atoms with Gasteiger partial charge in [0.05, 0.1) is 23.3 Å². The van der Waals surface area contributed by atoms with Gasteiger partial charge in [-0.3, -0.25) is 14.4 Å². The van der Waals surface area contributed by atoms with Crippen LogP contribution in [0.2, 0.25) is 0 Å². The molecule has 0 saturated carbocycles. The summed E-state index contributed by atoms with van der Waals surface area (Å²) in [4.78, 5) is 37.3. The minimum atomic E-state index is -0.764. The van der Waals surface area contributed by atoms with Crippen molar-refractivity contribution in [3.05, 3.63) is 73.2 Å². The number of fused-ring (bicyclic) bond motifs is 1. The van der Waals surface area contributed by atoms with Crippen LogP contribution in [0.1, 0.15) is 73.6 Å². The Kier molecular flexibility index (Phi) is 5.19. The maximum atomic E-state index is 14.7. The molecule has 8 heteroatoms. The van der Waals surface area contributed by atoms with Gasteiger partial charge in [0.1, 0.15) is 28.7 Å². The van der Waals surface area contributed by atoms with E-state index < -0.39 is 28.6 Å². The van der Waals surface area contributed by atoms with Crippen LogP contribution in [-0.4, -0.2) is 5.91 Å². The number of anilines is 3. The molecule has 3 aromatic rings. The van der Waals surface area contributed by atoms with Gasteiger partial charge in [-0.2, -0.15) is 0 Å². The predicted octanol–water partition coefficient (Wildman–Crippen LogP) is 4.46. The summed E-state index contributed by atoms with van der Waals surface area (Å²) < 4.78 is 20.5. The molecule has 2 aromatic carbocycles. The second-order valence-corrected chi connectivity index (χ2v) is 8.98. The zero-order valence-corrected chi connectivity index (χ0v) is 18.7. The normalized spacial score (nSPS) is 16.7. The summed E-state index contributed by atoms with van der Waals surface area (Å²) in [6.45, 7) is 9.69. The zero-order chi connectivity index (χ0) is 23.4. The van der Waals surface area contributed by atoms with Gasteiger partial charge in [0.2, 0.25) is 0 Å². The van der Waals surface area contributed by atoms with E-state index in [1.54, 1.807) is 13.0 Å². The molecule has 0 spiro atoms. The first-order valence-corrected chi connectivity index (χ1v) is 10.6. The Bertz CT molecular complexity index is 1280. The van der Waals surface area contributed by atoms with Crippen molar-refractivity contribution >= 4 is 23.0 Å². The number of hydrogen-bond acceptors (Lipinski definition) is 6. The molecule has 1 aromatic heterocycles. The van der Waals surface area contributed by atoms with Crippen LogP contribution in [0.3, 0.4) is 0 Å². The van der Waals surface area contributed by atoms with Crippen LogP contribution >= 0.6 is 0 Å². The molecular formula is C24H26FN3O4. The summed E-state index contributed by atoms with van der Waals surface area (Å²) in [5.41, 5.74) is -1.13. The van der Waals surface area contributed by atoms with Gasteiger partial charge < -0.3 is 20.4 Å². The first-order valence-electron chi connectivity index (χ1n) is 10.6. The number of carbonyl (C=O) groups is 1. The van der Waals surface area contributed by atoms with Gasteiger partial charge in [-0.25, -0.2) is 4.39 Å². The highest BCUT2D eigenvalue weighted by Crippen LogP contribution is 2.41. The number of rotatable bonds is 7. The smallest absolute Gasteiger partial charge is 0.254 e. The monoisotopic (exact) mass is 439 g/mol. The molecule has 2 heterocycles. The number of furan rings is 1. The van der Waals surface area contributed by atoms with Crippen molar-refractivity contribution in [2.75, 3.05) is 10.6 Å². The Morgan fingerprint density at radius 2 is 1.78 bits per heavy atom. The maximum Gasteiger partial charge on any atom is 0.254 e. The van der Waals surface area contributed by atoms with Gasteiger partial charge in [-0.15, -0.1) is 0 Å². The second-order valence-electron chi connectivity index (χ2n) is 8.98. The van der Waals surface area contributed by atoms with Crippen LogP contribution in [-0.2, 0) is 0 Å². The SMILES string of the molecule is CCC(C)(C)[C@@H](Nc1c(Nc2c(F)ccc3c2C(=O)N[C@@H]3C)c(=O)c1=O)c1ccc(C)o1. The van der Waals surface area contributed by atoms with E-state index >= 15 is 0 Å². The second kappa shape index (κ2) is 7.62. The fourth-order valence-electron chi connectivity index (χ4n) is 4.05. The third-order valence-corrected chi connectivity index (χ3v) is 6.42. The van der Waals surface area contributed by atoms with E-state index in [2.05, 4.69) is 16.0 Å². The van der Waals surface area contributed by atoms with E-state index in [0.29, 0.717) is 11.3 Å². The summed E-state index contributed by atoms with van der Waals surface area (Å²) in [7, 11) is 0. The molecule has 1 aliphatic rings. The summed E-state index contributed by atoms with van der Waals surface area (Å²) in [5, 5.41) is 8.63. The van der Waals surface area contributed by atoms with Crippen LogP contribution in [0.15, 0.2) is 38.3 Å². The highest BCUT2D eigenvalue weighted by molar-refractivity contribution is 6.05. The summed E-state index contributed by atoms with van der Waals surface area (Å²) in [5.74, 6) is 0.246. The molecule has 0 unspecified atom stereocenters. The van der Waals surface area contributed by atoms with Crippen molar-refractivity contribution in [3.8, 4) is 0 Å². The van der Waals surface area contributed by atoms with Crippen LogP contribution in [0.5, 0.6) is 0 Å². The number of carbonyl (C=O) groups excluding carboxylic acids is 1. The largest absolute Gasteiger partial charge is 0.464 e. The molecule has 32 heavy (non-hydrogen) atoms. The van der Waals surface area contributed by atoms with E-state index in [4.69, 9.17) is 4.42 Å². The maximum absolute atomic E-state index is 14.7. The Balaban J connectivity index is 1.74. The summed E-state index contributed by atoms with van der Waals surface area (Å²) in [6, 6.07) is 5.77. The minimum absolute atomic E-state index is 0.0547. The molecule has 4 rings (SSSR count). The average molecular weight is 439 g/mol. The van der Waals surface area contributed by atoms with Crippen LogP contribution in [0, 0.1) is 18.2 Å². The lowest BCUT2D eigenvalue weighted by atomic mass is 9.80. The van der Waals surface area contributed by atoms with Crippen molar-refractivity contribution in [1.82, 2.24) is 5.32 Å². The van der Waals surface area contributed by atoms with E-state index in [1.807, 2.05) is 39.8 Å². The molecule has 168 valence electrons. The lowest BCUT2D eigenvalue weighted by Gasteiger charge is -2.34. The Morgan fingerprint density at radius 3 is 2.41 bits per heavy atom. The molecule has 1 aliphatic heterocycles. The fourth-order valence-corrected chi connectivity index (χ4v) is 4.05. The highest BCUT2D eigenvalue weighted by atomic mass is 19.1. The Labute approximate surface area is 184 Å². The third kappa shape index (κ3) is 3.39. The first kappa shape index (κ1) is 21.8. The van der Waals surface area contributed by atoms with Crippen molar-refractivity contribution < 1.29 is 13.6 Å². The molecule has 0 saturated heterocycles. The van der Waals surface area contributed by atoms with Gasteiger partial charge >= 0.3 is 0 Å². The van der Waals surface area contributed by atoms with Crippen molar-refractivity contribution in [2.45, 2.75) is 53.1 Å². The fraction of sp³-hybridized carbons (Fsp3) is 0.375. The Hall–Kier alpha value is -3.42. The molecule has 1 amide bonds. The molecule has 2 atom stereocenters. The lowest BCUT2D eigenvalue weighted by molar-refractivity contribution is 0.0959. The number of hydrogen-bond donors (Lipinski definition) is 3. The van der Waals surface area contributed by atoms with E-state index in [-0.39, 0.29) is 34.1 Å². The quantitative estimate of drug-likeness (QED) is 0.470. The van der Waals surface area contributed by atoms with E-state index in [0.717, 1.165) is 12.2 Å². The molecular weight excluding hydrogens is 413 g/mol. The zero-order valence-electron chi connectivity index (χ0n) is 18.7. The third-order valence-electron chi connectivity index (χ3n) is 6.42. The summed E-state index contributed by atoms with van der Waals surface area (Å²) in [6.07, 6.45) is 0.765. The average Bonchev–Trinajstić information content (AvgIpc) is 3.30. The first-order chi connectivity index (χ1) is 15.0. The number of aryl methyl sites for hydroxylation is 1. The van der Waals surface area contributed by atoms with E-state index in [9.17, 15) is 18.8 Å². The number of benzene rings is 1. The number of halogens is 1. The van der Waals surface area contributed by atoms with Crippen molar-refractivity contribution in [2.24, 2.45) is 5.41 Å². The molecule has 3 N–H and O–H groups in total. The molecule has 0 aliphatic carbocycles. The van der Waals surface area contributed by atoms with Crippen LogP contribution in [0.25, 0.3) is 0 Å².